The van der Waals surface area contributed by atoms with Crippen LogP contribution in [0.4, 0.5) is 5.69 Å². The van der Waals surface area contributed by atoms with Crippen LogP contribution in [0.25, 0.3) is 0 Å². The summed E-state index contributed by atoms with van der Waals surface area (Å²) >= 11 is 0. The van der Waals surface area contributed by atoms with E-state index in [1.807, 2.05) is 26.2 Å². The molecule has 1 amide bonds. The van der Waals surface area contributed by atoms with Gasteiger partial charge in [-0.3, -0.25) is 4.79 Å². The lowest BCUT2D eigenvalue weighted by Crippen LogP contribution is -2.38. The van der Waals surface area contributed by atoms with Crippen molar-refractivity contribution < 1.29 is 14.3 Å². The third kappa shape index (κ3) is 6.16. The van der Waals surface area contributed by atoms with Gasteiger partial charge in [0.2, 0.25) is 5.91 Å². The molecule has 0 radical (unpaired) electrons. The number of hydrogen-bond donors (Lipinski definition) is 0. The minimum absolute atomic E-state index is 0.167. The Bertz CT molecular complexity index is 842. The number of ether oxygens (including phenoxy) is 2. The second-order valence-corrected chi connectivity index (χ2v) is 8.59. The lowest BCUT2D eigenvalue weighted by atomic mass is 9.88. The van der Waals surface area contributed by atoms with Gasteiger partial charge in [-0.15, -0.1) is 0 Å². The highest BCUT2D eigenvalue weighted by molar-refractivity contribution is 5.79. The zero-order valence-corrected chi connectivity index (χ0v) is 19.4. The molecule has 1 aliphatic carbocycles. The van der Waals surface area contributed by atoms with Crippen molar-refractivity contribution in [2.24, 2.45) is 5.92 Å². The Morgan fingerprint density at radius 2 is 1.55 bits per heavy atom. The number of carbonyl (C=O) groups excluding carboxylic acids is 1. The number of rotatable bonds is 9. The topological polar surface area (TPSA) is 42.0 Å². The number of anilines is 1. The van der Waals surface area contributed by atoms with Crippen LogP contribution >= 0.6 is 0 Å². The van der Waals surface area contributed by atoms with Crippen LogP contribution < -0.4 is 14.4 Å². The van der Waals surface area contributed by atoms with Crippen molar-refractivity contribution in [2.75, 3.05) is 39.8 Å². The number of nitrogens with zero attached hydrogens (tertiary/aromatic N) is 2. The first-order valence-corrected chi connectivity index (χ1v) is 11.3. The predicted octanol–water partition coefficient (Wildman–Crippen LogP) is 4.92. The lowest BCUT2D eigenvalue weighted by molar-refractivity contribution is -0.137. The highest BCUT2D eigenvalue weighted by Gasteiger charge is 2.26. The van der Waals surface area contributed by atoms with E-state index in [9.17, 15) is 4.79 Å². The third-order valence-corrected chi connectivity index (χ3v) is 6.21. The van der Waals surface area contributed by atoms with Gasteiger partial charge < -0.3 is 19.3 Å². The molecule has 5 nitrogen and oxygen atoms in total. The first kappa shape index (κ1) is 23.0. The molecule has 0 atom stereocenters. The molecule has 0 spiro atoms. The molecule has 1 saturated carbocycles. The predicted molar refractivity (Wildman–Crippen MR) is 126 cm³/mol. The summed E-state index contributed by atoms with van der Waals surface area (Å²) in [5.41, 5.74) is 3.48. The normalized spacial score (nSPS) is 14.2. The molecule has 5 heteroatoms. The summed E-state index contributed by atoms with van der Waals surface area (Å²) in [5, 5.41) is 0. The van der Waals surface area contributed by atoms with E-state index in [0.717, 1.165) is 49.2 Å². The zero-order chi connectivity index (χ0) is 22.2. The summed E-state index contributed by atoms with van der Waals surface area (Å²) in [6.07, 6.45) is 6.40. The van der Waals surface area contributed by atoms with E-state index in [-0.39, 0.29) is 5.92 Å². The largest absolute Gasteiger partial charge is 0.493 e. The van der Waals surface area contributed by atoms with Crippen LogP contribution in [0, 0.1) is 5.92 Å². The first-order valence-electron chi connectivity index (χ1n) is 11.3. The molecule has 0 heterocycles. The number of amides is 1. The van der Waals surface area contributed by atoms with Gasteiger partial charge in [-0.25, -0.2) is 0 Å². The maximum atomic E-state index is 13.4. The van der Waals surface area contributed by atoms with Crippen molar-refractivity contribution in [1.82, 2.24) is 4.90 Å². The molecule has 0 bridgehead atoms. The SMILES string of the molecule is COc1ccc(CCN(Cc2ccc(N(C)C)cc2)C(=O)C2CCCCC2)cc1OC. The van der Waals surface area contributed by atoms with Gasteiger partial charge in [0, 0.05) is 38.8 Å². The number of benzene rings is 2. The average Bonchev–Trinajstić information content (AvgIpc) is 2.81. The Morgan fingerprint density at radius 3 is 2.16 bits per heavy atom. The van der Waals surface area contributed by atoms with Gasteiger partial charge in [0.05, 0.1) is 14.2 Å². The smallest absolute Gasteiger partial charge is 0.225 e. The van der Waals surface area contributed by atoms with Gasteiger partial charge >= 0.3 is 0 Å². The van der Waals surface area contributed by atoms with Crippen molar-refractivity contribution >= 4 is 11.6 Å². The molecule has 31 heavy (non-hydrogen) atoms. The summed E-state index contributed by atoms with van der Waals surface area (Å²) in [6.45, 7) is 1.34. The molecular weight excluding hydrogens is 388 g/mol. The molecular formula is C26H36N2O3. The molecule has 0 unspecified atom stereocenters. The van der Waals surface area contributed by atoms with Gasteiger partial charge in [-0.05, 0) is 54.7 Å². The molecule has 2 aromatic rings. The van der Waals surface area contributed by atoms with E-state index >= 15 is 0 Å². The fraction of sp³-hybridized carbons (Fsp3) is 0.500. The van der Waals surface area contributed by atoms with Crippen molar-refractivity contribution in [3.05, 3.63) is 53.6 Å². The van der Waals surface area contributed by atoms with Crippen LogP contribution in [0.1, 0.15) is 43.2 Å². The number of hydrogen-bond acceptors (Lipinski definition) is 4. The standard InChI is InChI=1S/C26H36N2O3/c1-27(2)23-13-10-21(11-14-23)19-28(26(29)22-8-6-5-7-9-22)17-16-20-12-15-24(30-3)25(18-20)31-4/h10-15,18,22H,5-9,16-17,19H2,1-4H3. The molecule has 0 N–H and O–H groups in total. The van der Waals surface area contributed by atoms with Crippen molar-refractivity contribution in [3.8, 4) is 11.5 Å². The summed E-state index contributed by atoms with van der Waals surface area (Å²) in [6, 6.07) is 14.5. The van der Waals surface area contributed by atoms with Crippen LogP contribution in [0.15, 0.2) is 42.5 Å². The van der Waals surface area contributed by atoms with E-state index in [4.69, 9.17) is 9.47 Å². The number of carbonyl (C=O) groups is 1. The Kier molecular flexibility index (Phi) is 8.21. The molecule has 0 aliphatic heterocycles. The van der Waals surface area contributed by atoms with Gasteiger partial charge in [0.15, 0.2) is 11.5 Å². The molecule has 0 aromatic heterocycles. The van der Waals surface area contributed by atoms with E-state index in [2.05, 4.69) is 40.1 Å². The molecule has 0 saturated heterocycles. The van der Waals surface area contributed by atoms with Crippen LogP contribution in [0.2, 0.25) is 0 Å². The van der Waals surface area contributed by atoms with Crippen molar-refractivity contribution in [2.45, 2.75) is 45.1 Å². The van der Waals surface area contributed by atoms with Gasteiger partial charge in [-0.2, -0.15) is 0 Å². The minimum atomic E-state index is 0.167. The van der Waals surface area contributed by atoms with E-state index < -0.39 is 0 Å². The molecule has 3 rings (SSSR count). The molecule has 168 valence electrons. The molecule has 1 fully saturated rings. The maximum Gasteiger partial charge on any atom is 0.225 e. The second-order valence-electron chi connectivity index (χ2n) is 8.59. The average molecular weight is 425 g/mol. The lowest BCUT2D eigenvalue weighted by Gasteiger charge is -2.30. The highest BCUT2D eigenvalue weighted by Crippen LogP contribution is 2.29. The zero-order valence-electron chi connectivity index (χ0n) is 19.4. The Hall–Kier alpha value is -2.69. The Labute approximate surface area is 187 Å². The minimum Gasteiger partial charge on any atom is -0.493 e. The first-order chi connectivity index (χ1) is 15.0. The van der Waals surface area contributed by atoms with Crippen molar-refractivity contribution in [3.63, 3.8) is 0 Å². The molecule has 2 aromatic carbocycles. The monoisotopic (exact) mass is 424 g/mol. The van der Waals surface area contributed by atoms with Crippen LogP contribution in [0.5, 0.6) is 11.5 Å². The van der Waals surface area contributed by atoms with E-state index in [0.29, 0.717) is 19.0 Å². The van der Waals surface area contributed by atoms with E-state index in [1.54, 1.807) is 14.2 Å². The van der Waals surface area contributed by atoms with Gasteiger partial charge in [0.1, 0.15) is 0 Å². The van der Waals surface area contributed by atoms with Gasteiger partial charge in [0.25, 0.3) is 0 Å². The van der Waals surface area contributed by atoms with E-state index in [1.165, 1.54) is 17.7 Å². The Balaban J connectivity index is 1.74. The summed E-state index contributed by atoms with van der Waals surface area (Å²) < 4.78 is 10.8. The number of methoxy groups -OCH3 is 2. The Morgan fingerprint density at radius 1 is 0.903 bits per heavy atom. The van der Waals surface area contributed by atoms with Gasteiger partial charge in [-0.1, -0.05) is 37.5 Å². The summed E-state index contributed by atoms with van der Waals surface area (Å²) in [4.78, 5) is 17.5. The fourth-order valence-corrected chi connectivity index (χ4v) is 4.29. The van der Waals surface area contributed by atoms with Crippen LogP contribution in [-0.2, 0) is 17.8 Å². The summed E-state index contributed by atoms with van der Waals surface area (Å²) in [7, 11) is 7.37. The fourth-order valence-electron chi connectivity index (χ4n) is 4.29. The van der Waals surface area contributed by atoms with Crippen LogP contribution in [-0.4, -0.2) is 45.7 Å². The second kappa shape index (κ2) is 11.1. The highest BCUT2D eigenvalue weighted by atomic mass is 16.5. The maximum absolute atomic E-state index is 13.4. The summed E-state index contributed by atoms with van der Waals surface area (Å²) in [5.74, 6) is 1.92. The third-order valence-electron chi connectivity index (χ3n) is 6.21. The quantitative estimate of drug-likeness (QED) is 0.573. The van der Waals surface area contributed by atoms with Crippen molar-refractivity contribution in [1.29, 1.82) is 0 Å². The van der Waals surface area contributed by atoms with Crippen LogP contribution in [0.3, 0.4) is 0 Å². The molecule has 1 aliphatic rings.